The monoisotopic (exact) mass is 255 g/mol. The van der Waals surface area contributed by atoms with Gasteiger partial charge in [-0.2, -0.15) is 0 Å². The molecule has 1 amide bonds. The first-order valence-corrected chi connectivity index (χ1v) is 6.05. The molecule has 1 N–H and O–H groups in total. The van der Waals surface area contributed by atoms with Gasteiger partial charge in [-0.3, -0.25) is 4.79 Å². The van der Waals surface area contributed by atoms with E-state index >= 15 is 0 Å². The second kappa shape index (κ2) is 5.89. The molecule has 0 aromatic carbocycles. The van der Waals surface area contributed by atoms with Crippen LogP contribution in [0.15, 0.2) is 12.2 Å². The Bertz CT molecular complexity index is 343. The normalized spacial score (nSPS) is 22.7. The third-order valence-electron chi connectivity index (χ3n) is 2.53. The molecule has 1 aliphatic rings. The van der Waals surface area contributed by atoms with Crippen LogP contribution in [0.2, 0.25) is 0 Å². The van der Waals surface area contributed by atoms with Crippen LogP contribution in [0.1, 0.15) is 33.6 Å². The van der Waals surface area contributed by atoms with Crippen LogP contribution >= 0.6 is 0 Å². The molecule has 1 rings (SSSR count). The average molecular weight is 255 g/mol. The number of carbonyl (C=O) groups is 2. The van der Waals surface area contributed by atoms with Crippen LogP contribution in [-0.4, -0.2) is 30.8 Å². The maximum absolute atomic E-state index is 11.5. The predicted octanol–water partition coefficient (Wildman–Crippen LogP) is 2.02. The molecule has 102 valence electrons. The van der Waals surface area contributed by atoms with Crippen molar-refractivity contribution in [2.75, 3.05) is 7.11 Å². The summed E-state index contributed by atoms with van der Waals surface area (Å²) < 4.78 is 9.77. The molecule has 0 aromatic rings. The van der Waals surface area contributed by atoms with Crippen molar-refractivity contribution >= 4 is 12.1 Å². The van der Waals surface area contributed by atoms with Crippen molar-refractivity contribution in [3.8, 4) is 0 Å². The summed E-state index contributed by atoms with van der Waals surface area (Å²) in [7, 11) is 1.37. The second-order valence-corrected chi connectivity index (χ2v) is 5.41. The third kappa shape index (κ3) is 5.21. The maximum atomic E-state index is 11.5. The minimum atomic E-state index is -0.502. The van der Waals surface area contributed by atoms with Gasteiger partial charge in [0.05, 0.1) is 19.6 Å². The predicted molar refractivity (Wildman–Crippen MR) is 67.0 cm³/mol. The highest BCUT2D eigenvalue weighted by atomic mass is 16.6. The molecule has 0 spiro atoms. The molecule has 1 aliphatic carbocycles. The number of hydrogen-bond acceptors (Lipinski definition) is 4. The Hall–Kier alpha value is -1.52. The second-order valence-electron chi connectivity index (χ2n) is 5.41. The van der Waals surface area contributed by atoms with Gasteiger partial charge in [-0.1, -0.05) is 12.2 Å². The van der Waals surface area contributed by atoms with Crippen molar-refractivity contribution in [1.29, 1.82) is 0 Å². The zero-order valence-electron chi connectivity index (χ0n) is 11.4. The number of carbonyl (C=O) groups excluding carboxylic acids is 2. The van der Waals surface area contributed by atoms with Gasteiger partial charge in [0.1, 0.15) is 5.60 Å². The van der Waals surface area contributed by atoms with E-state index in [-0.39, 0.29) is 17.9 Å². The Labute approximate surface area is 108 Å². The summed E-state index contributed by atoms with van der Waals surface area (Å²) in [6.45, 7) is 5.45. The van der Waals surface area contributed by atoms with E-state index < -0.39 is 11.7 Å². The number of nitrogens with one attached hydrogen (secondary N) is 1. The van der Waals surface area contributed by atoms with Gasteiger partial charge in [0.2, 0.25) is 0 Å². The standard InChI is InChI=1S/C13H21NO4/c1-13(2,3)18-12(16)14-10-6-5-9(7-10)8-11(15)17-4/h5-6,9-10H,7-8H2,1-4H3,(H,14,16)/t9-,10+/m1/s1. The number of alkyl carbamates (subject to hydrolysis) is 1. The zero-order valence-corrected chi connectivity index (χ0v) is 11.4. The molecule has 5 nitrogen and oxygen atoms in total. The quantitative estimate of drug-likeness (QED) is 0.619. The molecule has 0 aliphatic heterocycles. The van der Waals surface area contributed by atoms with Gasteiger partial charge in [-0.25, -0.2) is 4.79 Å². The smallest absolute Gasteiger partial charge is 0.408 e. The lowest BCUT2D eigenvalue weighted by atomic mass is 10.0. The molecule has 0 bridgehead atoms. The number of ether oxygens (including phenoxy) is 2. The van der Waals surface area contributed by atoms with Crippen molar-refractivity contribution < 1.29 is 19.1 Å². The number of amides is 1. The van der Waals surface area contributed by atoms with Gasteiger partial charge in [-0.05, 0) is 33.1 Å². The van der Waals surface area contributed by atoms with E-state index in [0.29, 0.717) is 12.8 Å². The molecule has 2 atom stereocenters. The summed E-state index contributed by atoms with van der Waals surface area (Å²) in [5.41, 5.74) is -0.502. The van der Waals surface area contributed by atoms with Crippen LogP contribution in [0.3, 0.4) is 0 Å². The van der Waals surface area contributed by atoms with Crippen LogP contribution in [0.5, 0.6) is 0 Å². The minimum Gasteiger partial charge on any atom is -0.469 e. The highest BCUT2D eigenvalue weighted by Gasteiger charge is 2.24. The van der Waals surface area contributed by atoms with Gasteiger partial charge in [0.25, 0.3) is 0 Å². The first-order valence-electron chi connectivity index (χ1n) is 6.05. The van der Waals surface area contributed by atoms with E-state index in [0.717, 1.165) is 0 Å². The Morgan fingerprint density at radius 2 is 2.00 bits per heavy atom. The molecule has 0 saturated carbocycles. The fourth-order valence-electron chi connectivity index (χ4n) is 1.79. The van der Waals surface area contributed by atoms with E-state index in [2.05, 4.69) is 10.1 Å². The number of hydrogen-bond donors (Lipinski definition) is 1. The van der Waals surface area contributed by atoms with Crippen molar-refractivity contribution in [1.82, 2.24) is 5.32 Å². The van der Waals surface area contributed by atoms with Gasteiger partial charge < -0.3 is 14.8 Å². The topological polar surface area (TPSA) is 64.6 Å². The number of allylic oxidation sites excluding steroid dienone is 1. The Balaban J connectivity index is 2.33. The summed E-state index contributed by atoms with van der Waals surface area (Å²) in [5, 5.41) is 2.76. The Kier molecular flexibility index (Phi) is 4.76. The summed E-state index contributed by atoms with van der Waals surface area (Å²) in [4.78, 5) is 22.7. The Morgan fingerprint density at radius 1 is 1.33 bits per heavy atom. The lowest BCUT2D eigenvalue weighted by molar-refractivity contribution is -0.141. The molecule has 0 unspecified atom stereocenters. The highest BCUT2D eigenvalue weighted by Crippen LogP contribution is 2.22. The van der Waals surface area contributed by atoms with Crippen molar-refractivity contribution in [3.63, 3.8) is 0 Å². The van der Waals surface area contributed by atoms with E-state index in [1.807, 2.05) is 32.9 Å². The van der Waals surface area contributed by atoms with Crippen LogP contribution in [-0.2, 0) is 14.3 Å². The van der Waals surface area contributed by atoms with Crippen LogP contribution in [0.25, 0.3) is 0 Å². The molecule has 0 radical (unpaired) electrons. The fourth-order valence-corrected chi connectivity index (χ4v) is 1.79. The van der Waals surface area contributed by atoms with E-state index in [4.69, 9.17) is 4.74 Å². The van der Waals surface area contributed by atoms with Gasteiger partial charge in [0, 0.05) is 0 Å². The van der Waals surface area contributed by atoms with Gasteiger partial charge in [-0.15, -0.1) is 0 Å². The van der Waals surface area contributed by atoms with Gasteiger partial charge >= 0.3 is 12.1 Å². The summed E-state index contributed by atoms with van der Waals surface area (Å²) in [5.74, 6) is -0.111. The van der Waals surface area contributed by atoms with Crippen molar-refractivity contribution in [2.45, 2.75) is 45.3 Å². The third-order valence-corrected chi connectivity index (χ3v) is 2.53. The maximum Gasteiger partial charge on any atom is 0.408 e. The largest absolute Gasteiger partial charge is 0.469 e. The molecule has 18 heavy (non-hydrogen) atoms. The molecule has 0 fully saturated rings. The van der Waals surface area contributed by atoms with E-state index in [9.17, 15) is 9.59 Å². The summed E-state index contributed by atoms with van der Waals surface area (Å²) in [6.07, 6.45) is 4.43. The molecule has 5 heteroatoms. The number of rotatable bonds is 3. The summed E-state index contributed by atoms with van der Waals surface area (Å²) in [6, 6.07) is -0.0745. The highest BCUT2D eigenvalue weighted by molar-refractivity contribution is 5.70. The molecular formula is C13H21NO4. The minimum absolute atomic E-state index is 0.0745. The van der Waals surface area contributed by atoms with E-state index in [1.54, 1.807) is 0 Å². The van der Waals surface area contributed by atoms with Crippen LogP contribution in [0, 0.1) is 5.92 Å². The number of methoxy groups -OCH3 is 1. The van der Waals surface area contributed by atoms with E-state index in [1.165, 1.54) is 7.11 Å². The molecular weight excluding hydrogens is 234 g/mol. The first kappa shape index (κ1) is 14.5. The van der Waals surface area contributed by atoms with Crippen LogP contribution in [0.4, 0.5) is 4.79 Å². The lowest BCUT2D eigenvalue weighted by Gasteiger charge is -2.21. The average Bonchev–Trinajstić information content (AvgIpc) is 2.62. The molecule has 0 heterocycles. The number of esters is 1. The van der Waals surface area contributed by atoms with Crippen molar-refractivity contribution in [3.05, 3.63) is 12.2 Å². The SMILES string of the molecule is COC(=O)C[C@@H]1C=C[C@H](NC(=O)OC(C)(C)C)C1. The fraction of sp³-hybridized carbons (Fsp3) is 0.692. The lowest BCUT2D eigenvalue weighted by Crippen LogP contribution is -2.37. The zero-order chi connectivity index (χ0) is 13.8. The molecule has 0 aromatic heterocycles. The molecule has 0 saturated heterocycles. The summed E-state index contributed by atoms with van der Waals surface area (Å²) >= 11 is 0. The van der Waals surface area contributed by atoms with Crippen LogP contribution < -0.4 is 5.32 Å². The van der Waals surface area contributed by atoms with Gasteiger partial charge in [0.15, 0.2) is 0 Å². The Morgan fingerprint density at radius 3 is 2.56 bits per heavy atom. The first-order chi connectivity index (χ1) is 8.30. The van der Waals surface area contributed by atoms with Crippen molar-refractivity contribution in [2.24, 2.45) is 5.92 Å².